The fraction of sp³-hybridized carbons (Fsp3) is 0.533. The molecule has 4 heteroatoms. The highest BCUT2D eigenvalue weighted by Gasteiger charge is 2.12. The number of anilines is 1. The van der Waals surface area contributed by atoms with Crippen molar-refractivity contribution in [2.75, 3.05) is 5.32 Å². The van der Waals surface area contributed by atoms with Crippen LogP contribution in [0.4, 0.5) is 5.69 Å². The number of halogens is 1. The standard InChI is InChI=1S/C15H21BrN2S/c16-12-8-10-14(11-9-12)18-15(19)17-13-6-4-2-1-3-5-7-13/h8-11,13H,1-7H2,(H2,17,18,19). The van der Waals surface area contributed by atoms with Crippen molar-refractivity contribution >= 4 is 38.9 Å². The predicted molar refractivity (Wildman–Crippen MR) is 89.6 cm³/mol. The van der Waals surface area contributed by atoms with Crippen molar-refractivity contribution in [2.24, 2.45) is 0 Å². The molecule has 0 bridgehead atoms. The van der Waals surface area contributed by atoms with Gasteiger partial charge in [-0.3, -0.25) is 0 Å². The SMILES string of the molecule is S=C(Nc1ccc(Br)cc1)NC1CCCCCCC1. The van der Waals surface area contributed by atoms with Crippen LogP contribution in [-0.4, -0.2) is 11.2 Å². The van der Waals surface area contributed by atoms with Crippen molar-refractivity contribution in [2.45, 2.75) is 51.0 Å². The van der Waals surface area contributed by atoms with Crippen molar-refractivity contribution in [1.82, 2.24) is 5.32 Å². The van der Waals surface area contributed by atoms with Gasteiger partial charge in [-0.2, -0.15) is 0 Å². The summed E-state index contributed by atoms with van der Waals surface area (Å²) in [6.07, 6.45) is 9.24. The molecule has 0 unspecified atom stereocenters. The minimum atomic E-state index is 0.538. The molecule has 19 heavy (non-hydrogen) atoms. The van der Waals surface area contributed by atoms with Crippen LogP contribution in [0.2, 0.25) is 0 Å². The Morgan fingerprint density at radius 2 is 1.58 bits per heavy atom. The third kappa shape index (κ3) is 5.49. The molecule has 1 fully saturated rings. The highest BCUT2D eigenvalue weighted by molar-refractivity contribution is 9.10. The molecular formula is C15H21BrN2S. The van der Waals surface area contributed by atoms with Gasteiger partial charge < -0.3 is 10.6 Å². The Bertz CT molecular complexity index is 397. The lowest BCUT2D eigenvalue weighted by Crippen LogP contribution is -2.38. The molecule has 0 spiro atoms. The van der Waals surface area contributed by atoms with E-state index in [1.54, 1.807) is 0 Å². The van der Waals surface area contributed by atoms with Crippen LogP contribution < -0.4 is 10.6 Å². The summed E-state index contributed by atoms with van der Waals surface area (Å²) in [5.74, 6) is 0. The lowest BCUT2D eigenvalue weighted by molar-refractivity contribution is 0.430. The zero-order chi connectivity index (χ0) is 13.5. The van der Waals surface area contributed by atoms with E-state index in [2.05, 4.69) is 26.6 Å². The van der Waals surface area contributed by atoms with Gasteiger partial charge in [-0.25, -0.2) is 0 Å². The zero-order valence-electron chi connectivity index (χ0n) is 11.1. The summed E-state index contributed by atoms with van der Waals surface area (Å²) in [4.78, 5) is 0. The lowest BCUT2D eigenvalue weighted by Gasteiger charge is -2.22. The van der Waals surface area contributed by atoms with Crippen LogP contribution in [0.15, 0.2) is 28.7 Å². The molecule has 0 radical (unpaired) electrons. The maximum Gasteiger partial charge on any atom is 0.170 e. The van der Waals surface area contributed by atoms with Gasteiger partial charge in [-0.05, 0) is 49.3 Å². The first kappa shape index (κ1) is 14.8. The number of benzene rings is 1. The van der Waals surface area contributed by atoms with E-state index >= 15 is 0 Å². The van der Waals surface area contributed by atoms with Crippen LogP contribution in [0, 0.1) is 0 Å². The highest BCUT2D eigenvalue weighted by Crippen LogP contribution is 2.18. The van der Waals surface area contributed by atoms with Crippen LogP contribution in [0.25, 0.3) is 0 Å². The number of hydrogen-bond donors (Lipinski definition) is 2. The molecule has 2 nitrogen and oxygen atoms in total. The van der Waals surface area contributed by atoms with Crippen LogP contribution in [0.5, 0.6) is 0 Å². The van der Waals surface area contributed by atoms with Crippen LogP contribution >= 0.6 is 28.1 Å². The van der Waals surface area contributed by atoms with E-state index in [1.807, 2.05) is 24.3 Å². The first-order valence-electron chi connectivity index (χ1n) is 7.07. The Labute approximate surface area is 129 Å². The quantitative estimate of drug-likeness (QED) is 0.752. The second-order valence-corrected chi connectivity index (χ2v) is 6.47. The smallest absolute Gasteiger partial charge is 0.170 e. The molecule has 1 aromatic rings. The number of rotatable bonds is 2. The van der Waals surface area contributed by atoms with Crippen LogP contribution in [0.1, 0.15) is 44.9 Å². The molecule has 1 aliphatic carbocycles. The van der Waals surface area contributed by atoms with Crippen molar-refractivity contribution < 1.29 is 0 Å². The van der Waals surface area contributed by atoms with Gasteiger partial charge >= 0.3 is 0 Å². The normalized spacial score (nSPS) is 17.3. The molecule has 2 rings (SSSR count). The van der Waals surface area contributed by atoms with Crippen molar-refractivity contribution in [3.63, 3.8) is 0 Å². The monoisotopic (exact) mass is 340 g/mol. The first-order chi connectivity index (χ1) is 9.24. The Balaban J connectivity index is 1.80. The van der Waals surface area contributed by atoms with Crippen LogP contribution in [-0.2, 0) is 0 Å². The van der Waals surface area contributed by atoms with E-state index in [4.69, 9.17) is 12.2 Å². The second-order valence-electron chi connectivity index (χ2n) is 5.15. The topological polar surface area (TPSA) is 24.1 Å². The molecule has 0 atom stereocenters. The van der Waals surface area contributed by atoms with E-state index in [0.29, 0.717) is 6.04 Å². The van der Waals surface area contributed by atoms with Crippen LogP contribution in [0.3, 0.4) is 0 Å². The number of hydrogen-bond acceptors (Lipinski definition) is 1. The molecular weight excluding hydrogens is 320 g/mol. The molecule has 0 amide bonds. The molecule has 0 heterocycles. The number of thiocarbonyl (C=S) groups is 1. The molecule has 1 saturated carbocycles. The average Bonchev–Trinajstić information content (AvgIpc) is 2.35. The number of nitrogens with one attached hydrogen (secondary N) is 2. The lowest BCUT2D eigenvalue weighted by atomic mass is 9.97. The van der Waals surface area contributed by atoms with Gasteiger partial charge in [0.2, 0.25) is 0 Å². The summed E-state index contributed by atoms with van der Waals surface area (Å²) in [6, 6.07) is 8.62. The van der Waals surface area contributed by atoms with E-state index < -0.39 is 0 Å². The summed E-state index contributed by atoms with van der Waals surface area (Å²) >= 11 is 8.82. The maximum atomic E-state index is 5.39. The Hall–Kier alpha value is -0.610. The molecule has 1 aliphatic rings. The van der Waals surface area contributed by atoms with Crippen molar-refractivity contribution in [1.29, 1.82) is 0 Å². The van der Waals surface area contributed by atoms with Gasteiger partial charge in [0.15, 0.2) is 5.11 Å². The zero-order valence-corrected chi connectivity index (χ0v) is 13.5. The van der Waals surface area contributed by atoms with Gasteiger partial charge in [0.05, 0.1) is 0 Å². The fourth-order valence-electron chi connectivity index (χ4n) is 2.49. The summed E-state index contributed by atoms with van der Waals surface area (Å²) < 4.78 is 1.08. The Kier molecular flexibility index (Phi) is 6.11. The Morgan fingerprint density at radius 3 is 2.21 bits per heavy atom. The molecule has 0 saturated heterocycles. The molecule has 0 aromatic heterocycles. The van der Waals surface area contributed by atoms with E-state index in [0.717, 1.165) is 15.3 Å². The maximum absolute atomic E-state index is 5.39. The summed E-state index contributed by atoms with van der Waals surface area (Å²) in [5, 5.41) is 7.45. The van der Waals surface area contributed by atoms with E-state index in [1.165, 1.54) is 44.9 Å². The summed E-state index contributed by atoms with van der Waals surface area (Å²) in [7, 11) is 0. The molecule has 0 aliphatic heterocycles. The minimum absolute atomic E-state index is 0.538. The first-order valence-corrected chi connectivity index (χ1v) is 8.27. The predicted octanol–water partition coefficient (Wildman–Crippen LogP) is 4.85. The molecule has 1 aromatic carbocycles. The summed E-state index contributed by atoms with van der Waals surface area (Å²) in [5.41, 5.74) is 1.03. The third-order valence-electron chi connectivity index (χ3n) is 3.54. The van der Waals surface area contributed by atoms with Crippen molar-refractivity contribution in [3.8, 4) is 0 Å². The van der Waals surface area contributed by atoms with Gasteiger partial charge in [0.1, 0.15) is 0 Å². The highest BCUT2D eigenvalue weighted by atomic mass is 79.9. The largest absolute Gasteiger partial charge is 0.360 e. The summed E-state index contributed by atoms with van der Waals surface area (Å²) in [6.45, 7) is 0. The second kappa shape index (κ2) is 7.85. The Morgan fingerprint density at radius 1 is 1.00 bits per heavy atom. The van der Waals surface area contributed by atoms with Gasteiger partial charge in [0.25, 0.3) is 0 Å². The van der Waals surface area contributed by atoms with Gasteiger partial charge in [-0.15, -0.1) is 0 Å². The third-order valence-corrected chi connectivity index (χ3v) is 4.29. The average molecular weight is 341 g/mol. The minimum Gasteiger partial charge on any atom is -0.360 e. The fourth-order valence-corrected chi connectivity index (χ4v) is 3.04. The van der Waals surface area contributed by atoms with E-state index in [-0.39, 0.29) is 0 Å². The van der Waals surface area contributed by atoms with Crippen molar-refractivity contribution in [3.05, 3.63) is 28.7 Å². The van der Waals surface area contributed by atoms with Gasteiger partial charge in [-0.1, -0.05) is 48.0 Å². The van der Waals surface area contributed by atoms with E-state index in [9.17, 15) is 0 Å². The molecule has 2 N–H and O–H groups in total. The van der Waals surface area contributed by atoms with Gasteiger partial charge in [0, 0.05) is 16.2 Å². The molecule has 104 valence electrons.